The van der Waals surface area contributed by atoms with Gasteiger partial charge >= 0.3 is 0 Å². The van der Waals surface area contributed by atoms with Crippen molar-refractivity contribution in [2.24, 2.45) is 5.92 Å². The first kappa shape index (κ1) is 33.9. The third-order valence-electron chi connectivity index (χ3n) is 7.96. The van der Waals surface area contributed by atoms with Crippen LogP contribution in [0.25, 0.3) is 0 Å². The van der Waals surface area contributed by atoms with Crippen LogP contribution in [0.5, 0.6) is 5.75 Å². The Morgan fingerprint density at radius 1 is 0.933 bits per heavy atom. The Labute approximate surface area is 262 Å². The van der Waals surface area contributed by atoms with Crippen molar-refractivity contribution in [2.45, 2.75) is 37.5 Å². The standard InChI is InChI=1S/C33H41N3O9/c1-33(21-45-33)31(40)26(17-22-7-5-4-6-8-22)35-32(41)25(30(39)23-9-11-24(43-3)12-10-23)18-28(37)27(20-42-2)34-29(38)19-36-13-15-44-16-14-36/h4-12,25-27H,13-21H2,1-3H3,(H,34,38)(H,35,41). The van der Waals surface area contributed by atoms with E-state index in [1.807, 2.05) is 35.2 Å². The minimum Gasteiger partial charge on any atom is -0.497 e. The summed E-state index contributed by atoms with van der Waals surface area (Å²) in [6.07, 6.45) is -0.353. The summed E-state index contributed by atoms with van der Waals surface area (Å²) in [4.78, 5) is 69.5. The smallest absolute Gasteiger partial charge is 0.234 e. The SMILES string of the molecule is COCC(NC(=O)CN1CCOCC1)C(=O)CC(C(=O)NC(Cc1ccccc1)C(=O)C1(C)CO1)C(=O)c1ccc(OC)cc1. The van der Waals surface area contributed by atoms with E-state index in [0.717, 1.165) is 5.56 Å². The van der Waals surface area contributed by atoms with Crippen molar-refractivity contribution in [1.29, 1.82) is 0 Å². The number of nitrogens with one attached hydrogen (secondary N) is 2. The van der Waals surface area contributed by atoms with E-state index >= 15 is 0 Å². The largest absolute Gasteiger partial charge is 0.497 e. The van der Waals surface area contributed by atoms with Gasteiger partial charge in [-0.1, -0.05) is 30.3 Å². The molecule has 2 aromatic carbocycles. The van der Waals surface area contributed by atoms with Gasteiger partial charge in [0.1, 0.15) is 23.3 Å². The first-order valence-electron chi connectivity index (χ1n) is 15.0. The molecule has 0 bridgehead atoms. The fourth-order valence-electron chi connectivity index (χ4n) is 5.14. The Morgan fingerprint density at radius 3 is 2.20 bits per heavy atom. The van der Waals surface area contributed by atoms with E-state index in [2.05, 4.69) is 10.6 Å². The van der Waals surface area contributed by atoms with Crippen LogP contribution in [0.3, 0.4) is 0 Å². The summed E-state index contributed by atoms with van der Waals surface area (Å²) in [5, 5.41) is 5.45. The number of morpholine rings is 1. The maximum atomic E-state index is 13.9. The van der Waals surface area contributed by atoms with Gasteiger partial charge in [-0.15, -0.1) is 0 Å². The minimum absolute atomic E-state index is 0.0651. The van der Waals surface area contributed by atoms with E-state index in [-0.39, 0.29) is 43.4 Å². The summed E-state index contributed by atoms with van der Waals surface area (Å²) >= 11 is 0. The first-order chi connectivity index (χ1) is 21.6. The molecular weight excluding hydrogens is 582 g/mol. The average molecular weight is 624 g/mol. The van der Waals surface area contributed by atoms with Gasteiger partial charge in [-0.05, 0) is 43.2 Å². The van der Waals surface area contributed by atoms with Crippen LogP contribution in [0.4, 0.5) is 0 Å². The lowest BCUT2D eigenvalue weighted by Gasteiger charge is -2.27. The molecule has 12 nitrogen and oxygen atoms in total. The number of amides is 2. The fourth-order valence-corrected chi connectivity index (χ4v) is 5.14. The highest BCUT2D eigenvalue weighted by Gasteiger charge is 2.50. The number of Topliss-reactive ketones (excluding diaryl/α,β-unsaturated/α-hetero) is 3. The second kappa shape index (κ2) is 15.8. The molecule has 12 heteroatoms. The number of hydrogen-bond acceptors (Lipinski definition) is 10. The van der Waals surface area contributed by atoms with Gasteiger partial charge in [0.15, 0.2) is 17.3 Å². The Kier molecular flexibility index (Phi) is 11.9. The van der Waals surface area contributed by atoms with E-state index in [4.69, 9.17) is 18.9 Å². The number of benzene rings is 2. The zero-order valence-corrected chi connectivity index (χ0v) is 25.9. The summed E-state index contributed by atoms with van der Waals surface area (Å²) < 4.78 is 21.1. The molecule has 45 heavy (non-hydrogen) atoms. The molecule has 0 aromatic heterocycles. The van der Waals surface area contributed by atoms with E-state index in [9.17, 15) is 24.0 Å². The third kappa shape index (κ3) is 9.51. The molecule has 2 fully saturated rings. The number of carbonyl (C=O) groups excluding carboxylic acids is 5. The molecule has 2 amide bonds. The molecule has 4 unspecified atom stereocenters. The number of carbonyl (C=O) groups is 5. The summed E-state index contributed by atoms with van der Waals surface area (Å²) in [6.45, 7) is 3.98. The zero-order valence-electron chi connectivity index (χ0n) is 25.9. The average Bonchev–Trinajstić information content (AvgIpc) is 3.81. The molecule has 4 rings (SSSR count). The first-order valence-corrected chi connectivity index (χ1v) is 15.0. The van der Waals surface area contributed by atoms with Crippen LogP contribution in [0.2, 0.25) is 0 Å². The van der Waals surface area contributed by atoms with Gasteiger partial charge in [0, 0.05) is 32.2 Å². The normalized spacial score (nSPS) is 19.9. The maximum Gasteiger partial charge on any atom is 0.234 e. The molecule has 0 spiro atoms. The quantitative estimate of drug-likeness (QED) is 0.148. The molecule has 0 saturated carbocycles. The van der Waals surface area contributed by atoms with Crippen molar-refractivity contribution in [2.75, 3.05) is 60.3 Å². The lowest BCUT2D eigenvalue weighted by molar-refractivity contribution is -0.134. The van der Waals surface area contributed by atoms with E-state index < -0.39 is 47.5 Å². The van der Waals surface area contributed by atoms with Crippen LogP contribution in [0.15, 0.2) is 54.6 Å². The van der Waals surface area contributed by atoms with E-state index in [1.54, 1.807) is 19.1 Å². The van der Waals surface area contributed by atoms with Crippen molar-refractivity contribution >= 4 is 29.2 Å². The molecule has 2 aliphatic heterocycles. The van der Waals surface area contributed by atoms with Crippen LogP contribution < -0.4 is 15.4 Å². The second-order valence-electron chi connectivity index (χ2n) is 11.4. The van der Waals surface area contributed by atoms with Crippen LogP contribution in [-0.4, -0.2) is 112 Å². The van der Waals surface area contributed by atoms with Gasteiger partial charge < -0.3 is 29.6 Å². The summed E-state index contributed by atoms with van der Waals surface area (Å²) in [5.41, 5.74) is -0.0451. The summed E-state index contributed by atoms with van der Waals surface area (Å²) in [5.74, 6) is -3.64. The molecule has 2 aromatic rings. The number of ether oxygens (including phenoxy) is 4. The van der Waals surface area contributed by atoms with Crippen LogP contribution in [0, 0.1) is 5.92 Å². The van der Waals surface area contributed by atoms with Crippen LogP contribution >= 0.6 is 0 Å². The highest BCUT2D eigenvalue weighted by molar-refractivity contribution is 6.13. The maximum absolute atomic E-state index is 13.9. The highest BCUT2D eigenvalue weighted by Crippen LogP contribution is 2.29. The van der Waals surface area contributed by atoms with Crippen molar-refractivity contribution in [3.63, 3.8) is 0 Å². The van der Waals surface area contributed by atoms with Gasteiger partial charge in [0.2, 0.25) is 11.8 Å². The molecule has 0 radical (unpaired) electrons. The van der Waals surface area contributed by atoms with E-state index in [1.165, 1.54) is 26.4 Å². The number of hydrogen-bond donors (Lipinski definition) is 2. The van der Waals surface area contributed by atoms with Gasteiger partial charge in [0.25, 0.3) is 0 Å². The Balaban J connectivity index is 1.55. The molecule has 4 atom stereocenters. The molecule has 2 aliphatic rings. The van der Waals surface area contributed by atoms with Crippen LogP contribution in [-0.2, 0) is 39.8 Å². The molecule has 242 valence electrons. The van der Waals surface area contributed by atoms with Gasteiger partial charge in [0.05, 0.1) is 46.1 Å². The van der Waals surface area contributed by atoms with Crippen molar-refractivity contribution < 1.29 is 42.9 Å². The molecule has 2 heterocycles. The number of ketones is 3. The second-order valence-corrected chi connectivity index (χ2v) is 11.4. The predicted molar refractivity (Wildman–Crippen MR) is 163 cm³/mol. The van der Waals surface area contributed by atoms with Gasteiger partial charge in [-0.3, -0.25) is 28.9 Å². The van der Waals surface area contributed by atoms with Gasteiger partial charge in [-0.2, -0.15) is 0 Å². The van der Waals surface area contributed by atoms with Crippen molar-refractivity contribution in [3.05, 3.63) is 65.7 Å². The minimum atomic E-state index is -1.49. The topological polar surface area (TPSA) is 153 Å². The highest BCUT2D eigenvalue weighted by atomic mass is 16.6. The number of nitrogens with zero attached hydrogens (tertiary/aromatic N) is 1. The molecule has 2 N–H and O–H groups in total. The number of rotatable bonds is 17. The lowest BCUT2D eigenvalue weighted by Crippen LogP contribution is -2.52. The number of epoxide rings is 1. The zero-order chi connectivity index (χ0) is 32.4. The fraction of sp³-hybridized carbons (Fsp3) is 0.485. The van der Waals surface area contributed by atoms with Crippen LogP contribution in [0.1, 0.15) is 29.3 Å². The Morgan fingerprint density at radius 2 is 1.60 bits per heavy atom. The molecule has 0 aliphatic carbocycles. The van der Waals surface area contributed by atoms with Crippen molar-refractivity contribution in [3.8, 4) is 5.75 Å². The monoisotopic (exact) mass is 623 g/mol. The number of methoxy groups -OCH3 is 2. The lowest BCUT2D eigenvalue weighted by atomic mass is 9.88. The molecule has 2 saturated heterocycles. The Bertz CT molecular complexity index is 1340. The third-order valence-corrected chi connectivity index (χ3v) is 7.96. The van der Waals surface area contributed by atoms with Gasteiger partial charge in [-0.25, -0.2) is 0 Å². The summed E-state index contributed by atoms with van der Waals surface area (Å²) in [7, 11) is 2.88. The molecular formula is C33H41N3O9. The predicted octanol–water partition coefficient (Wildman–Crippen LogP) is 1.00. The Hall–Kier alpha value is -3.97. The van der Waals surface area contributed by atoms with Crippen molar-refractivity contribution in [1.82, 2.24) is 15.5 Å². The van der Waals surface area contributed by atoms with E-state index in [0.29, 0.717) is 32.1 Å². The summed E-state index contributed by atoms with van der Waals surface area (Å²) in [6, 6.07) is 13.2.